The van der Waals surface area contributed by atoms with Crippen LogP contribution in [0, 0.1) is 11.2 Å². The van der Waals surface area contributed by atoms with Crippen LogP contribution in [0.1, 0.15) is 58.8 Å². The lowest BCUT2D eigenvalue weighted by atomic mass is 9.71. The predicted molar refractivity (Wildman–Crippen MR) is 129 cm³/mol. The van der Waals surface area contributed by atoms with Crippen LogP contribution in [0.3, 0.4) is 0 Å². The van der Waals surface area contributed by atoms with Gasteiger partial charge in [0.2, 0.25) is 5.91 Å². The number of likely N-dealkylation sites (tertiary alicyclic amines) is 1. The highest BCUT2D eigenvalue weighted by atomic mass is 19.4. The van der Waals surface area contributed by atoms with Gasteiger partial charge in [0.1, 0.15) is 17.2 Å². The standard InChI is InChI=1S/C27H26F4N4O3/c28-19-13-32-24-23(18-11-26(8-5-20(18)34-24)12-21(36)33-14-26)22(19)15-6-9-35(10-7-15)25(37)16-1-3-17(4-2-16)38-27(29,30)31/h1-4,13,15H,5-12,14H2,(H,32,34)(H,33,36)/t26-/m1/s1. The molecule has 3 aliphatic rings. The third-order valence-electron chi connectivity index (χ3n) is 8.18. The summed E-state index contributed by atoms with van der Waals surface area (Å²) in [6.45, 7) is 1.41. The second kappa shape index (κ2) is 8.99. The lowest BCUT2D eigenvalue weighted by Crippen LogP contribution is -2.38. The molecule has 2 saturated heterocycles. The fourth-order valence-corrected chi connectivity index (χ4v) is 6.34. The molecule has 38 heavy (non-hydrogen) atoms. The van der Waals surface area contributed by atoms with Gasteiger partial charge in [-0.25, -0.2) is 9.37 Å². The number of nitrogens with zero attached hydrogens (tertiary/aromatic N) is 2. The maximum absolute atomic E-state index is 15.3. The van der Waals surface area contributed by atoms with Crippen molar-refractivity contribution in [3.05, 3.63) is 58.7 Å². The van der Waals surface area contributed by atoms with Gasteiger partial charge < -0.3 is 19.9 Å². The third kappa shape index (κ3) is 4.48. The lowest BCUT2D eigenvalue weighted by molar-refractivity contribution is -0.274. The number of nitrogens with one attached hydrogen (secondary N) is 2. The number of amides is 2. The van der Waals surface area contributed by atoms with Crippen molar-refractivity contribution in [1.29, 1.82) is 0 Å². The molecular formula is C27H26F4N4O3. The molecule has 7 nitrogen and oxygen atoms in total. The minimum absolute atomic E-state index is 0.0531. The molecule has 1 aliphatic carbocycles. The number of aromatic amines is 1. The molecule has 2 N–H and O–H groups in total. The van der Waals surface area contributed by atoms with Crippen molar-refractivity contribution in [3.63, 3.8) is 0 Å². The summed E-state index contributed by atoms with van der Waals surface area (Å²) in [6, 6.07) is 4.86. The highest BCUT2D eigenvalue weighted by Crippen LogP contribution is 2.45. The highest BCUT2D eigenvalue weighted by molar-refractivity contribution is 5.94. The van der Waals surface area contributed by atoms with E-state index >= 15 is 4.39 Å². The molecule has 2 aromatic heterocycles. The van der Waals surface area contributed by atoms with E-state index in [2.05, 4.69) is 20.0 Å². The predicted octanol–water partition coefficient (Wildman–Crippen LogP) is 4.62. The molecule has 0 radical (unpaired) electrons. The minimum atomic E-state index is -4.80. The average molecular weight is 531 g/mol. The average Bonchev–Trinajstić information content (AvgIpc) is 3.43. The van der Waals surface area contributed by atoms with Gasteiger partial charge in [-0.05, 0) is 67.9 Å². The normalized spacial score (nSPS) is 22.1. The van der Waals surface area contributed by atoms with Crippen LogP contribution in [-0.2, 0) is 17.6 Å². The molecule has 0 saturated carbocycles. The number of benzene rings is 1. The molecule has 4 heterocycles. The van der Waals surface area contributed by atoms with Gasteiger partial charge in [0, 0.05) is 53.7 Å². The first-order valence-corrected chi connectivity index (χ1v) is 12.7. The Morgan fingerprint density at radius 3 is 2.53 bits per heavy atom. The first-order valence-electron chi connectivity index (χ1n) is 12.7. The van der Waals surface area contributed by atoms with Crippen LogP contribution < -0.4 is 10.1 Å². The first-order chi connectivity index (χ1) is 18.1. The van der Waals surface area contributed by atoms with Crippen LogP contribution >= 0.6 is 0 Å². The van der Waals surface area contributed by atoms with Crippen molar-refractivity contribution in [2.75, 3.05) is 19.6 Å². The van der Waals surface area contributed by atoms with Gasteiger partial charge in [0.25, 0.3) is 5.91 Å². The van der Waals surface area contributed by atoms with Crippen molar-refractivity contribution in [1.82, 2.24) is 20.2 Å². The van der Waals surface area contributed by atoms with Crippen molar-refractivity contribution in [3.8, 4) is 5.75 Å². The molecule has 6 rings (SSSR count). The van der Waals surface area contributed by atoms with Gasteiger partial charge in [0.15, 0.2) is 0 Å². The molecule has 200 valence electrons. The second-order valence-electron chi connectivity index (χ2n) is 10.6. The van der Waals surface area contributed by atoms with E-state index in [1.807, 2.05) is 0 Å². The maximum atomic E-state index is 15.3. The van der Waals surface area contributed by atoms with E-state index in [9.17, 15) is 22.8 Å². The molecule has 0 unspecified atom stereocenters. The van der Waals surface area contributed by atoms with Crippen LogP contribution in [0.15, 0.2) is 30.5 Å². The van der Waals surface area contributed by atoms with E-state index in [4.69, 9.17) is 0 Å². The minimum Gasteiger partial charge on any atom is -0.406 e. The number of carbonyl (C=O) groups excluding carboxylic acids is 2. The van der Waals surface area contributed by atoms with Gasteiger partial charge in [-0.2, -0.15) is 0 Å². The lowest BCUT2D eigenvalue weighted by Gasteiger charge is -2.34. The van der Waals surface area contributed by atoms with Gasteiger partial charge in [-0.1, -0.05) is 0 Å². The van der Waals surface area contributed by atoms with Gasteiger partial charge in [-0.3, -0.25) is 9.59 Å². The van der Waals surface area contributed by atoms with Crippen LogP contribution in [0.2, 0.25) is 0 Å². The highest BCUT2D eigenvalue weighted by Gasteiger charge is 2.43. The number of piperidine rings is 1. The Kier molecular flexibility index (Phi) is 5.84. The Balaban J connectivity index is 1.21. The Labute approximate surface area is 215 Å². The van der Waals surface area contributed by atoms with Gasteiger partial charge >= 0.3 is 6.36 Å². The summed E-state index contributed by atoms with van der Waals surface area (Å²) in [6.07, 6.45) is 0.356. The number of carbonyl (C=O) groups is 2. The molecule has 0 bridgehead atoms. The van der Waals surface area contributed by atoms with Gasteiger partial charge in [-0.15, -0.1) is 13.2 Å². The number of alkyl halides is 3. The number of H-pyrrole nitrogens is 1. The molecule has 2 amide bonds. The molecule has 3 aromatic rings. The smallest absolute Gasteiger partial charge is 0.406 e. The molecule has 1 aromatic carbocycles. The zero-order valence-electron chi connectivity index (χ0n) is 20.5. The maximum Gasteiger partial charge on any atom is 0.573 e. The fourth-order valence-electron chi connectivity index (χ4n) is 6.34. The van der Waals surface area contributed by atoms with Gasteiger partial charge in [0.05, 0.1) is 6.20 Å². The SMILES string of the molecule is O=C1C[C@]2(CCc3[nH]c4ncc(F)c(C5CCN(C(=O)c6ccc(OC(F)(F)F)cc6)CC5)c4c3C2)CN1. The number of hydrogen-bond donors (Lipinski definition) is 2. The largest absolute Gasteiger partial charge is 0.573 e. The molecule has 2 aliphatic heterocycles. The summed E-state index contributed by atoms with van der Waals surface area (Å²) >= 11 is 0. The van der Waals surface area contributed by atoms with Crippen LogP contribution in [-0.4, -0.2) is 52.7 Å². The van der Waals surface area contributed by atoms with E-state index in [1.54, 1.807) is 4.90 Å². The Hall–Kier alpha value is -3.63. The molecular weight excluding hydrogens is 504 g/mol. The molecule has 1 atom stereocenters. The number of halogens is 4. The number of pyridine rings is 1. The summed E-state index contributed by atoms with van der Waals surface area (Å²) in [5.41, 5.74) is 3.47. The summed E-state index contributed by atoms with van der Waals surface area (Å²) < 4.78 is 56.5. The number of rotatable bonds is 3. The van der Waals surface area contributed by atoms with E-state index in [1.165, 1.54) is 18.3 Å². The molecule has 11 heteroatoms. The van der Waals surface area contributed by atoms with Crippen molar-refractivity contribution in [2.45, 2.75) is 50.8 Å². The van der Waals surface area contributed by atoms with E-state index < -0.39 is 6.36 Å². The third-order valence-corrected chi connectivity index (χ3v) is 8.18. The van der Waals surface area contributed by atoms with E-state index in [0.717, 1.165) is 41.6 Å². The Morgan fingerprint density at radius 1 is 1.13 bits per heavy atom. The number of hydrogen-bond acceptors (Lipinski definition) is 4. The van der Waals surface area contributed by atoms with Crippen molar-refractivity contribution in [2.24, 2.45) is 5.41 Å². The number of aromatic nitrogens is 2. The van der Waals surface area contributed by atoms with Crippen LogP contribution in [0.5, 0.6) is 5.75 Å². The van der Waals surface area contributed by atoms with Crippen molar-refractivity contribution < 1.29 is 31.9 Å². The number of aryl methyl sites for hydroxylation is 1. The Morgan fingerprint density at radius 2 is 1.87 bits per heavy atom. The number of ether oxygens (including phenoxy) is 1. The van der Waals surface area contributed by atoms with E-state index in [0.29, 0.717) is 56.5 Å². The fraction of sp³-hybridized carbons (Fsp3) is 0.444. The zero-order valence-corrected chi connectivity index (χ0v) is 20.5. The summed E-state index contributed by atoms with van der Waals surface area (Å²) in [7, 11) is 0. The summed E-state index contributed by atoms with van der Waals surface area (Å²) in [5.74, 6) is -1.11. The Bertz CT molecular complexity index is 1410. The molecule has 2 fully saturated rings. The monoisotopic (exact) mass is 530 g/mol. The summed E-state index contributed by atoms with van der Waals surface area (Å²) in [4.78, 5) is 34.3. The topological polar surface area (TPSA) is 87.3 Å². The zero-order chi connectivity index (χ0) is 26.7. The first kappa shape index (κ1) is 24.7. The second-order valence-corrected chi connectivity index (χ2v) is 10.6. The molecule has 1 spiro atoms. The van der Waals surface area contributed by atoms with Crippen LogP contribution in [0.4, 0.5) is 17.6 Å². The van der Waals surface area contributed by atoms with E-state index in [-0.39, 0.29) is 40.3 Å². The quantitative estimate of drug-likeness (QED) is 0.484. The van der Waals surface area contributed by atoms with Crippen LogP contribution in [0.25, 0.3) is 11.0 Å². The number of fused-ring (bicyclic) bond motifs is 3. The van der Waals surface area contributed by atoms with Crippen molar-refractivity contribution >= 4 is 22.8 Å². The summed E-state index contributed by atoms with van der Waals surface area (Å²) in [5, 5.41) is 3.76.